The van der Waals surface area contributed by atoms with E-state index in [9.17, 15) is 19.2 Å². The van der Waals surface area contributed by atoms with Gasteiger partial charge >= 0.3 is 23.9 Å². The predicted octanol–water partition coefficient (Wildman–Crippen LogP) is 7.93. The number of carbonyl (C=O) groups excluding carboxylic acids is 4. The fourth-order valence-electron chi connectivity index (χ4n) is 11.3. The van der Waals surface area contributed by atoms with Gasteiger partial charge in [0.15, 0.2) is 46.0 Å². The molecule has 79 heavy (non-hydrogen) atoms. The van der Waals surface area contributed by atoms with Crippen molar-refractivity contribution in [2.45, 2.75) is 94.9 Å². The summed E-state index contributed by atoms with van der Waals surface area (Å²) in [6, 6.07) is 19.4. The Kier molecular flexibility index (Phi) is 19.1. The summed E-state index contributed by atoms with van der Waals surface area (Å²) in [5, 5.41) is 0. The van der Waals surface area contributed by atoms with Gasteiger partial charge in [0.2, 0.25) is 12.2 Å². The molecule has 2 aliphatic carbocycles. The first-order valence-electron chi connectivity index (χ1n) is 27.5. The minimum absolute atomic E-state index is 0.0694. The standard InChI is InChI=1S/C61H80N2O16/c1-62(24-22-42-32-52(72-7)54(74-9)34-44(42)46(62)28-38-14-20-48(68-3)50(30-38)70-5)36-56(78-58(64)40-16-17-40)60(66)76-26-12-11-13-27-77-61(67)57(79-59(65)41-18-19-41)37-63(2)25-23-43-33-53(73-8)55(75-10)35-45(43)47(63)29-39-15-21-49(69-4)51(31-39)71-6/h14-15,20-21,30-35,40-41,46-47,56-57H,11-13,16-19,22-29,36-37H2,1-10H3/q+2. The van der Waals surface area contributed by atoms with Gasteiger partial charge in [0, 0.05) is 36.8 Å². The van der Waals surface area contributed by atoms with Crippen LogP contribution in [0.1, 0.15) is 90.4 Å². The highest BCUT2D eigenvalue weighted by Gasteiger charge is 2.48. The minimum atomic E-state index is -1.16. The second-order valence-electron chi connectivity index (χ2n) is 21.7. The monoisotopic (exact) mass is 1100 g/mol. The van der Waals surface area contributed by atoms with Crippen LogP contribution in [0.2, 0.25) is 0 Å². The Hall–Kier alpha value is -6.92. The van der Waals surface area contributed by atoms with Crippen molar-refractivity contribution in [2.75, 3.05) is 110 Å². The smallest absolute Gasteiger partial charge is 0.353 e. The molecule has 6 atom stereocenters. The van der Waals surface area contributed by atoms with E-state index in [0.717, 1.165) is 59.1 Å². The van der Waals surface area contributed by atoms with Gasteiger partial charge in [-0.3, -0.25) is 9.59 Å². The number of benzene rings is 4. The van der Waals surface area contributed by atoms with E-state index in [-0.39, 0.29) is 50.2 Å². The third-order valence-corrected chi connectivity index (χ3v) is 16.4. The molecule has 4 aromatic rings. The van der Waals surface area contributed by atoms with Crippen LogP contribution in [0, 0.1) is 11.8 Å². The highest BCUT2D eigenvalue weighted by molar-refractivity contribution is 5.82. The Labute approximate surface area is 464 Å². The molecular formula is C61H80N2O16+2. The van der Waals surface area contributed by atoms with Crippen LogP contribution in [0.3, 0.4) is 0 Å². The molecule has 4 aliphatic rings. The lowest BCUT2D eigenvalue weighted by Crippen LogP contribution is -2.57. The Morgan fingerprint density at radius 3 is 1.14 bits per heavy atom. The summed E-state index contributed by atoms with van der Waals surface area (Å²) in [5.74, 6) is 2.41. The fourth-order valence-corrected chi connectivity index (χ4v) is 11.3. The molecular weight excluding hydrogens is 1020 g/mol. The molecule has 18 nitrogen and oxygen atoms in total. The van der Waals surface area contributed by atoms with E-state index < -0.39 is 36.1 Å². The van der Waals surface area contributed by atoms with Crippen LogP contribution in [0.15, 0.2) is 60.7 Å². The summed E-state index contributed by atoms with van der Waals surface area (Å²) < 4.78 is 70.0. The number of ether oxygens (including phenoxy) is 12. The van der Waals surface area contributed by atoms with Gasteiger partial charge in [0.05, 0.1) is 109 Å². The van der Waals surface area contributed by atoms with Gasteiger partial charge in [-0.1, -0.05) is 12.1 Å². The van der Waals surface area contributed by atoms with E-state index >= 15 is 0 Å². The molecule has 8 rings (SSSR count). The number of rotatable bonds is 28. The fraction of sp³-hybridized carbons (Fsp3) is 0.541. The molecule has 4 aromatic carbocycles. The maximum Gasteiger partial charge on any atom is 0.353 e. The molecule has 2 saturated carbocycles. The molecule has 0 N–H and O–H groups in total. The van der Waals surface area contributed by atoms with Gasteiger partial charge in [-0.15, -0.1) is 0 Å². The zero-order valence-electron chi connectivity index (χ0n) is 47.7. The molecule has 0 radical (unpaired) electrons. The first-order chi connectivity index (χ1) is 38.1. The van der Waals surface area contributed by atoms with Crippen molar-refractivity contribution in [2.24, 2.45) is 11.8 Å². The number of nitrogens with zero attached hydrogens (tertiary/aromatic N) is 2. The Morgan fingerprint density at radius 1 is 0.456 bits per heavy atom. The maximum absolute atomic E-state index is 14.2. The third kappa shape index (κ3) is 13.7. The van der Waals surface area contributed by atoms with Crippen molar-refractivity contribution in [3.63, 3.8) is 0 Å². The van der Waals surface area contributed by atoms with Gasteiger partial charge in [-0.2, -0.15) is 0 Å². The van der Waals surface area contributed by atoms with Gasteiger partial charge < -0.3 is 65.8 Å². The maximum atomic E-state index is 14.2. The van der Waals surface area contributed by atoms with Crippen LogP contribution in [-0.4, -0.2) is 155 Å². The van der Waals surface area contributed by atoms with E-state index in [2.05, 4.69) is 14.1 Å². The molecule has 2 heterocycles. The number of hydrogen-bond donors (Lipinski definition) is 0. The Bertz CT molecular complexity index is 2620. The lowest BCUT2D eigenvalue weighted by atomic mass is 9.86. The van der Waals surface area contributed by atoms with Gasteiger partial charge in [-0.25, -0.2) is 9.59 Å². The van der Waals surface area contributed by atoms with Crippen LogP contribution in [0.5, 0.6) is 46.0 Å². The SMILES string of the molecule is COc1ccc(CC2c3cc(OC)c(OC)cc3CC[N+]2(C)CC(OC(=O)C2CC2)C(=O)OCCCCCOC(=O)C(C[N+]2(C)CCc3cc(OC)c(OC)cc3C2Cc2ccc(OC)c(OC)c2)OC(=O)C2CC2)cc1OC. The molecule has 6 unspecified atom stereocenters. The van der Waals surface area contributed by atoms with Crippen molar-refractivity contribution >= 4 is 23.9 Å². The number of methoxy groups -OCH3 is 8. The molecule has 0 bridgehead atoms. The summed E-state index contributed by atoms with van der Waals surface area (Å²) in [7, 11) is 17.1. The molecule has 0 aromatic heterocycles. The molecule has 0 spiro atoms. The summed E-state index contributed by atoms with van der Waals surface area (Å²) in [6.45, 7) is 1.77. The number of quaternary nitrogens is 2. The number of unbranched alkanes of at least 4 members (excludes halogenated alkanes) is 2. The van der Waals surface area contributed by atoms with Crippen molar-refractivity contribution < 1.29 is 85.0 Å². The number of esters is 4. The van der Waals surface area contributed by atoms with Gasteiger partial charge in [0.1, 0.15) is 25.2 Å². The number of carbonyl (C=O) groups is 4. The van der Waals surface area contributed by atoms with Crippen LogP contribution in [0.25, 0.3) is 0 Å². The first kappa shape index (κ1) is 58.2. The average Bonchev–Trinajstić information content (AvgIpc) is 4.53. The Balaban J connectivity index is 0.925. The summed E-state index contributed by atoms with van der Waals surface area (Å²) in [5.41, 5.74) is 6.29. The van der Waals surface area contributed by atoms with Crippen LogP contribution in [-0.2, 0) is 63.8 Å². The van der Waals surface area contributed by atoms with E-state index in [1.165, 1.54) is 0 Å². The van der Waals surface area contributed by atoms with Crippen molar-refractivity contribution in [3.05, 3.63) is 94.0 Å². The average molecular weight is 1100 g/mol. The van der Waals surface area contributed by atoms with Crippen LogP contribution < -0.4 is 37.9 Å². The first-order valence-corrected chi connectivity index (χ1v) is 27.5. The van der Waals surface area contributed by atoms with Crippen molar-refractivity contribution in [1.29, 1.82) is 0 Å². The van der Waals surface area contributed by atoms with E-state index in [1.54, 1.807) is 56.9 Å². The van der Waals surface area contributed by atoms with Gasteiger partial charge in [-0.05, 0) is 116 Å². The third-order valence-electron chi connectivity index (χ3n) is 16.4. The highest BCUT2D eigenvalue weighted by atomic mass is 16.6. The highest BCUT2D eigenvalue weighted by Crippen LogP contribution is 2.46. The molecule has 0 saturated heterocycles. The molecule has 2 fully saturated rings. The Morgan fingerprint density at radius 2 is 0.797 bits per heavy atom. The predicted molar refractivity (Wildman–Crippen MR) is 291 cm³/mol. The van der Waals surface area contributed by atoms with Crippen LogP contribution in [0.4, 0.5) is 0 Å². The van der Waals surface area contributed by atoms with Gasteiger partial charge in [0.25, 0.3) is 0 Å². The zero-order valence-corrected chi connectivity index (χ0v) is 47.7. The minimum Gasteiger partial charge on any atom is -0.493 e. The molecule has 18 heteroatoms. The summed E-state index contributed by atoms with van der Waals surface area (Å²) in [6.07, 6.45) is 4.54. The number of likely N-dealkylation sites (N-methyl/N-ethyl adjacent to an activating group) is 2. The molecule has 0 amide bonds. The summed E-state index contributed by atoms with van der Waals surface area (Å²) >= 11 is 0. The topological polar surface area (TPSA) is 179 Å². The van der Waals surface area contributed by atoms with E-state index in [0.29, 0.717) is 113 Å². The van der Waals surface area contributed by atoms with Crippen molar-refractivity contribution in [3.8, 4) is 46.0 Å². The van der Waals surface area contributed by atoms with E-state index in [4.69, 9.17) is 56.8 Å². The largest absolute Gasteiger partial charge is 0.493 e. The van der Waals surface area contributed by atoms with E-state index in [1.807, 2.05) is 60.7 Å². The summed E-state index contributed by atoms with van der Waals surface area (Å²) in [4.78, 5) is 55.0. The quantitative estimate of drug-likeness (QED) is 0.0231. The second-order valence-corrected chi connectivity index (χ2v) is 21.7. The lowest BCUT2D eigenvalue weighted by Gasteiger charge is -2.47. The molecule has 2 aliphatic heterocycles. The normalized spacial score (nSPS) is 20.9. The van der Waals surface area contributed by atoms with Crippen molar-refractivity contribution in [1.82, 2.24) is 0 Å². The lowest BCUT2D eigenvalue weighted by molar-refractivity contribution is -0.943. The second kappa shape index (κ2) is 25.9. The van der Waals surface area contributed by atoms with Crippen LogP contribution >= 0.6 is 0 Å². The number of hydrogen-bond acceptors (Lipinski definition) is 16. The molecule has 428 valence electrons. The zero-order chi connectivity index (χ0) is 56.4. The number of fused-ring (bicyclic) bond motifs is 2.